The molecule has 2 rings (SSSR count). The normalized spacial score (nSPS) is 15.2. The molecule has 22 heavy (non-hydrogen) atoms. The number of hydrogen-bond donors (Lipinski definition) is 3. The first-order chi connectivity index (χ1) is 10.5. The van der Waals surface area contributed by atoms with Crippen molar-refractivity contribution in [2.24, 2.45) is 0 Å². The van der Waals surface area contributed by atoms with Gasteiger partial charge in [0, 0.05) is 17.8 Å². The summed E-state index contributed by atoms with van der Waals surface area (Å²) in [6.07, 6.45) is 5.81. The van der Waals surface area contributed by atoms with Crippen LogP contribution in [0.1, 0.15) is 32.1 Å². The minimum absolute atomic E-state index is 0.0302. The highest BCUT2D eigenvalue weighted by molar-refractivity contribution is 7.80. The van der Waals surface area contributed by atoms with Gasteiger partial charge >= 0.3 is 0 Å². The second-order valence-corrected chi connectivity index (χ2v) is 5.75. The highest BCUT2D eigenvalue weighted by Gasteiger charge is 2.14. The first kappa shape index (κ1) is 16.6. The first-order valence-electron chi connectivity index (χ1n) is 7.34. The van der Waals surface area contributed by atoms with E-state index in [1.165, 1.54) is 25.3 Å². The van der Waals surface area contributed by atoms with Crippen molar-refractivity contribution in [1.29, 1.82) is 0 Å². The van der Waals surface area contributed by atoms with Crippen molar-refractivity contribution >= 4 is 28.9 Å². The molecule has 0 bridgehead atoms. The second-order valence-electron chi connectivity index (χ2n) is 5.34. The fourth-order valence-corrected chi connectivity index (χ4v) is 2.66. The average molecular weight is 327 g/mol. The van der Waals surface area contributed by atoms with Crippen molar-refractivity contribution < 1.29 is 13.6 Å². The standard InChI is InChI=1S/C15H19F2N3OS/c16-12-7-6-11(8-13(12)17)19-14(21)9-18-15(22)20-10-4-2-1-3-5-10/h6-8,10H,1-5,9H2,(H,19,21)(H2,18,20,22). The second kappa shape index (κ2) is 8.03. The van der Waals surface area contributed by atoms with Gasteiger partial charge in [-0.05, 0) is 37.2 Å². The van der Waals surface area contributed by atoms with Gasteiger partial charge in [-0.25, -0.2) is 8.78 Å². The molecule has 3 N–H and O–H groups in total. The molecule has 0 unspecified atom stereocenters. The van der Waals surface area contributed by atoms with E-state index in [4.69, 9.17) is 12.2 Å². The molecule has 0 atom stereocenters. The molecule has 1 aromatic carbocycles. The third-order valence-electron chi connectivity index (χ3n) is 3.55. The zero-order valence-corrected chi connectivity index (χ0v) is 12.9. The van der Waals surface area contributed by atoms with E-state index >= 15 is 0 Å². The van der Waals surface area contributed by atoms with Gasteiger partial charge in [-0.2, -0.15) is 0 Å². The van der Waals surface area contributed by atoms with E-state index in [0.717, 1.165) is 25.0 Å². The lowest BCUT2D eigenvalue weighted by Crippen LogP contribution is -2.45. The van der Waals surface area contributed by atoms with Crippen molar-refractivity contribution in [2.45, 2.75) is 38.1 Å². The maximum atomic E-state index is 13.0. The van der Waals surface area contributed by atoms with Crippen LogP contribution in [0.5, 0.6) is 0 Å². The van der Waals surface area contributed by atoms with Crippen molar-refractivity contribution in [3.8, 4) is 0 Å². The molecule has 1 aliphatic rings. The van der Waals surface area contributed by atoms with Crippen LogP contribution in [0.25, 0.3) is 0 Å². The molecule has 1 fully saturated rings. The Labute approximate surface area is 133 Å². The maximum Gasteiger partial charge on any atom is 0.243 e. The van der Waals surface area contributed by atoms with Crippen LogP contribution in [0.3, 0.4) is 0 Å². The Hall–Kier alpha value is -1.76. The summed E-state index contributed by atoms with van der Waals surface area (Å²) in [5, 5.41) is 8.91. The Morgan fingerprint density at radius 2 is 1.91 bits per heavy atom. The number of nitrogens with one attached hydrogen (secondary N) is 3. The highest BCUT2D eigenvalue weighted by atomic mass is 32.1. The summed E-state index contributed by atoms with van der Waals surface area (Å²) >= 11 is 5.14. The number of amides is 1. The molecular weight excluding hydrogens is 308 g/mol. The maximum absolute atomic E-state index is 13.0. The van der Waals surface area contributed by atoms with E-state index in [-0.39, 0.29) is 18.1 Å². The molecule has 1 saturated carbocycles. The molecule has 4 nitrogen and oxygen atoms in total. The number of carbonyl (C=O) groups excluding carboxylic acids is 1. The van der Waals surface area contributed by atoms with E-state index in [1.807, 2.05) is 0 Å². The molecular formula is C15H19F2N3OS. The van der Waals surface area contributed by atoms with E-state index in [1.54, 1.807) is 0 Å². The van der Waals surface area contributed by atoms with Crippen molar-refractivity contribution in [2.75, 3.05) is 11.9 Å². The van der Waals surface area contributed by atoms with Crippen LogP contribution in [0.4, 0.5) is 14.5 Å². The number of rotatable bonds is 4. The van der Waals surface area contributed by atoms with Crippen LogP contribution in [-0.4, -0.2) is 23.6 Å². The fourth-order valence-electron chi connectivity index (χ4n) is 2.42. The summed E-state index contributed by atoms with van der Waals surface area (Å²) in [5.41, 5.74) is 0.205. The zero-order valence-electron chi connectivity index (χ0n) is 12.1. The zero-order chi connectivity index (χ0) is 15.9. The fraction of sp³-hybridized carbons (Fsp3) is 0.467. The van der Waals surface area contributed by atoms with Gasteiger partial charge in [-0.15, -0.1) is 0 Å². The summed E-state index contributed by atoms with van der Waals surface area (Å²) in [7, 11) is 0. The minimum atomic E-state index is -1.000. The van der Waals surface area contributed by atoms with Gasteiger partial charge in [0.15, 0.2) is 16.7 Å². The lowest BCUT2D eigenvalue weighted by Gasteiger charge is -2.24. The first-order valence-corrected chi connectivity index (χ1v) is 7.74. The van der Waals surface area contributed by atoms with Crippen LogP contribution < -0.4 is 16.0 Å². The number of hydrogen-bond acceptors (Lipinski definition) is 2. The van der Waals surface area contributed by atoms with Crippen molar-refractivity contribution in [3.63, 3.8) is 0 Å². The molecule has 0 heterocycles. The molecule has 1 amide bonds. The molecule has 1 aromatic rings. The van der Waals surface area contributed by atoms with Crippen LogP contribution in [-0.2, 0) is 4.79 Å². The lowest BCUT2D eigenvalue weighted by molar-refractivity contribution is -0.115. The van der Waals surface area contributed by atoms with E-state index in [9.17, 15) is 13.6 Å². The molecule has 7 heteroatoms. The number of carbonyl (C=O) groups is 1. The summed E-state index contributed by atoms with van der Waals surface area (Å²) in [5.74, 6) is -2.33. The predicted molar refractivity (Wildman–Crippen MR) is 85.6 cm³/mol. The molecule has 0 radical (unpaired) electrons. The summed E-state index contributed by atoms with van der Waals surface area (Å²) in [6.45, 7) is -0.0302. The van der Waals surface area contributed by atoms with Gasteiger partial charge in [-0.3, -0.25) is 4.79 Å². The molecule has 0 aromatic heterocycles. The molecule has 120 valence electrons. The Kier molecular flexibility index (Phi) is 6.06. The van der Waals surface area contributed by atoms with Gasteiger partial charge in [0.25, 0.3) is 0 Å². The number of benzene rings is 1. The third kappa shape index (κ3) is 5.22. The summed E-state index contributed by atoms with van der Waals surface area (Å²) in [4.78, 5) is 11.7. The Balaban J connectivity index is 1.72. The Morgan fingerprint density at radius 1 is 1.18 bits per heavy atom. The monoisotopic (exact) mass is 327 g/mol. The SMILES string of the molecule is O=C(CNC(=S)NC1CCCCC1)Nc1ccc(F)c(F)c1. The van der Waals surface area contributed by atoms with Gasteiger partial charge in [0.05, 0.1) is 6.54 Å². The number of anilines is 1. The van der Waals surface area contributed by atoms with Crippen LogP contribution in [0.2, 0.25) is 0 Å². The van der Waals surface area contributed by atoms with Crippen LogP contribution >= 0.6 is 12.2 Å². The topological polar surface area (TPSA) is 53.2 Å². The molecule has 0 saturated heterocycles. The van der Waals surface area contributed by atoms with Gasteiger partial charge in [0.2, 0.25) is 5.91 Å². The van der Waals surface area contributed by atoms with Crippen LogP contribution in [0, 0.1) is 11.6 Å². The van der Waals surface area contributed by atoms with E-state index in [0.29, 0.717) is 11.2 Å². The Bertz CT molecular complexity index is 548. The van der Waals surface area contributed by atoms with Gasteiger partial charge in [0.1, 0.15) is 0 Å². The number of halogens is 2. The summed E-state index contributed by atoms with van der Waals surface area (Å²) < 4.78 is 25.8. The van der Waals surface area contributed by atoms with E-state index < -0.39 is 11.6 Å². The highest BCUT2D eigenvalue weighted by Crippen LogP contribution is 2.17. The van der Waals surface area contributed by atoms with Crippen molar-refractivity contribution in [1.82, 2.24) is 10.6 Å². The summed E-state index contributed by atoms with van der Waals surface area (Å²) in [6, 6.07) is 3.57. The quantitative estimate of drug-likeness (QED) is 0.744. The molecule has 0 aliphatic heterocycles. The predicted octanol–water partition coefficient (Wildman–Crippen LogP) is 2.70. The average Bonchev–Trinajstić information content (AvgIpc) is 2.50. The van der Waals surface area contributed by atoms with Gasteiger partial charge in [-0.1, -0.05) is 19.3 Å². The largest absolute Gasteiger partial charge is 0.360 e. The van der Waals surface area contributed by atoms with Crippen LogP contribution in [0.15, 0.2) is 18.2 Å². The van der Waals surface area contributed by atoms with Crippen molar-refractivity contribution in [3.05, 3.63) is 29.8 Å². The molecule has 1 aliphatic carbocycles. The minimum Gasteiger partial charge on any atom is -0.360 e. The lowest BCUT2D eigenvalue weighted by atomic mass is 9.96. The van der Waals surface area contributed by atoms with Gasteiger partial charge < -0.3 is 16.0 Å². The smallest absolute Gasteiger partial charge is 0.243 e. The molecule has 0 spiro atoms. The van der Waals surface area contributed by atoms with E-state index in [2.05, 4.69) is 16.0 Å². The number of thiocarbonyl (C=S) groups is 1. The Morgan fingerprint density at radius 3 is 2.59 bits per heavy atom. The third-order valence-corrected chi connectivity index (χ3v) is 3.82.